The van der Waals surface area contributed by atoms with Gasteiger partial charge in [-0.05, 0) is 41.6 Å². The standard InChI is InChI=1S/C9H6ClF2IO/c1-4(14)5-2-6(9(11)12)8(13)3-7(5)10/h2-3,9H,1H3. The molecule has 5 heteroatoms. The van der Waals surface area contributed by atoms with E-state index in [-0.39, 0.29) is 21.9 Å². The molecule has 0 spiro atoms. The Hall–Kier alpha value is -0.230. The molecule has 0 aliphatic rings. The Bertz CT molecular complexity index is 379. The first-order valence-electron chi connectivity index (χ1n) is 3.71. The molecular formula is C9H6ClF2IO. The lowest BCUT2D eigenvalue weighted by atomic mass is 10.1. The Morgan fingerprint density at radius 1 is 1.50 bits per heavy atom. The highest BCUT2D eigenvalue weighted by atomic mass is 127. The summed E-state index contributed by atoms with van der Waals surface area (Å²) in [5.41, 5.74) is -0.0115. The quantitative estimate of drug-likeness (QED) is 0.590. The van der Waals surface area contributed by atoms with E-state index in [2.05, 4.69) is 0 Å². The average molecular weight is 330 g/mol. The molecule has 0 amide bonds. The molecule has 0 aliphatic heterocycles. The van der Waals surface area contributed by atoms with Gasteiger partial charge in [-0.25, -0.2) is 8.78 Å². The van der Waals surface area contributed by atoms with Gasteiger partial charge in [-0.1, -0.05) is 11.6 Å². The van der Waals surface area contributed by atoms with Crippen LogP contribution in [0.2, 0.25) is 5.02 Å². The third kappa shape index (κ3) is 2.42. The van der Waals surface area contributed by atoms with Gasteiger partial charge < -0.3 is 0 Å². The SMILES string of the molecule is CC(=O)c1cc(C(F)F)c(I)cc1Cl. The van der Waals surface area contributed by atoms with E-state index >= 15 is 0 Å². The minimum atomic E-state index is -2.59. The van der Waals surface area contributed by atoms with Gasteiger partial charge in [0.15, 0.2) is 5.78 Å². The van der Waals surface area contributed by atoms with Crippen molar-refractivity contribution in [1.29, 1.82) is 0 Å². The minimum absolute atomic E-state index is 0.141. The fourth-order valence-corrected chi connectivity index (χ4v) is 2.19. The van der Waals surface area contributed by atoms with E-state index in [1.54, 1.807) is 22.6 Å². The largest absolute Gasteiger partial charge is 0.294 e. The topological polar surface area (TPSA) is 17.1 Å². The van der Waals surface area contributed by atoms with Crippen molar-refractivity contribution < 1.29 is 13.6 Å². The normalized spacial score (nSPS) is 10.7. The van der Waals surface area contributed by atoms with Crippen molar-refractivity contribution in [3.63, 3.8) is 0 Å². The van der Waals surface area contributed by atoms with Crippen LogP contribution in [0.5, 0.6) is 0 Å². The van der Waals surface area contributed by atoms with Crippen molar-refractivity contribution in [2.75, 3.05) is 0 Å². The molecule has 0 bridgehead atoms. The van der Waals surface area contributed by atoms with E-state index in [4.69, 9.17) is 11.6 Å². The number of Topliss-reactive ketones (excluding diaryl/α,β-unsaturated/α-hetero) is 1. The molecule has 0 saturated heterocycles. The van der Waals surface area contributed by atoms with Crippen molar-refractivity contribution in [1.82, 2.24) is 0 Å². The van der Waals surface area contributed by atoms with Crippen LogP contribution in [0, 0.1) is 3.57 Å². The van der Waals surface area contributed by atoms with Crippen LogP contribution in [0.15, 0.2) is 12.1 Å². The van der Waals surface area contributed by atoms with Crippen LogP contribution in [0.1, 0.15) is 29.3 Å². The maximum atomic E-state index is 12.4. The van der Waals surface area contributed by atoms with Crippen LogP contribution in [-0.4, -0.2) is 5.78 Å². The zero-order chi connectivity index (χ0) is 10.9. The molecule has 0 aliphatic carbocycles. The van der Waals surface area contributed by atoms with Gasteiger partial charge in [-0.15, -0.1) is 0 Å². The highest BCUT2D eigenvalue weighted by Gasteiger charge is 2.16. The van der Waals surface area contributed by atoms with Gasteiger partial charge in [0.1, 0.15) is 0 Å². The molecule has 0 atom stereocenters. The van der Waals surface area contributed by atoms with Crippen LogP contribution < -0.4 is 0 Å². The Kier molecular flexibility index (Phi) is 3.83. The van der Waals surface area contributed by atoms with Gasteiger partial charge in [0.05, 0.1) is 5.02 Å². The molecule has 0 N–H and O–H groups in total. The lowest BCUT2D eigenvalue weighted by Gasteiger charge is -2.07. The summed E-state index contributed by atoms with van der Waals surface area (Å²) in [5, 5.41) is 0.214. The summed E-state index contributed by atoms with van der Waals surface area (Å²) in [6.07, 6.45) is -2.59. The molecule has 1 rings (SSSR count). The number of ketones is 1. The third-order valence-corrected chi connectivity index (χ3v) is 2.95. The van der Waals surface area contributed by atoms with Crippen LogP contribution in [0.3, 0.4) is 0 Å². The summed E-state index contributed by atoms with van der Waals surface area (Å²) >= 11 is 7.50. The van der Waals surface area contributed by atoms with Gasteiger partial charge in [-0.3, -0.25) is 4.79 Å². The molecule has 0 saturated carbocycles. The van der Waals surface area contributed by atoms with Crippen LogP contribution in [0.25, 0.3) is 0 Å². The zero-order valence-electron chi connectivity index (χ0n) is 7.15. The van der Waals surface area contributed by atoms with Crippen molar-refractivity contribution in [3.05, 3.63) is 31.9 Å². The van der Waals surface area contributed by atoms with Crippen molar-refractivity contribution >= 4 is 40.0 Å². The third-order valence-electron chi connectivity index (χ3n) is 1.70. The number of alkyl halides is 2. The van der Waals surface area contributed by atoms with E-state index in [1.165, 1.54) is 13.0 Å². The Morgan fingerprint density at radius 3 is 2.50 bits per heavy atom. The van der Waals surface area contributed by atoms with Crippen molar-refractivity contribution in [2.24, 2.45) is 0 Å². The number of carbonyl (C=O) groups is 1. The molecule has 1 aromatic carbocycles. The minimum Gasteiger partial charge on any atom is -0.294 e. The molecule has 0 fully saturated rings. The summed E-state index contributed by atoms with van der Waals surface area (Å²) < 4.78 is 25.3. The molecule has 0 radical (unpaired) electrons. The lowest BCUT2D eigenvalue weighted by molar-refractivity contribution is 0.101. The fraction of sp³-hybridized carbons (Fsp3) is 0.222. The second-order valence-corrected chi connectivity index (χ2v) is 4.28. The van der Waals surface area contributed by atoms with Gasteiger partial charge >= 0.3 is 0 Å². The number of carbonyl (C=O) groups excluding carboxylic acids is 1. The maximum absolute atomic E-state index is 12.4. The summed E-state index contributed by atoms with van der Waals surface area (Å²) in [5.74, 6) is -0.312. The molecule has 0 heterocycles. The highest BCUT2D eigenvalue weighted by Crippen LogP contribution is 2.29. The van der Waals surface area contributed by atoms with Gasteiger partial charge in [0.2, 0.25) is 0 Å². The molecule has 76 valence electrons. The number of benzene rings is 1. The van der Waals surface area contributed by atoms with Gasteiger partial charge in [0, 0.05) is 14.7 Å². The number of hydrogen-bond donors (Lipinski definition) is 0. The van der Waals surface area contributed by atoms with Crippen LogP contribution >= 0.6 is 34.2 Å². The first-order chi connectivity index (χ1) is 6.43. The van der Waals surface area contributed by atoms with E-state index < -0.39 is 6.43 Å². The van der Waals surface area contributed by atoms with E-state index in [0.717, 1.165) is 6.07 Å². The zero-order valence-corrected chi connectivity index (χ0v) is 10.1. The monoisotopic (exact) mass is 330 g/mol. The van der Waals surface area contributed by atoms with Gasteiger partial charge in [0.25, 0.3) is 6.43 Å². The van der Waals surface area contributed by atoms with Crippen molar-refractivity contribution in [2.45, 2.75) is 13.3 Å². The van der Waals surface area contributed by atoms with E-state index in [9.17, 15) is 13.6 Å². The van der Waals surface area contributed by atoms with Crippen LogP contribution in [0.4, 0.5) is 8.78 Å². The summed E-state index contributed by atoms with van der Waals surface area (Å²) in [7, 11) is 0. The number of rotatable bonds is 2. The smallest absolute Gasteiger partial charge is 0.264 e. The second-order valence-electron chi connectivity index (χ2n) is 2.71. The number of halogens is 4. The average Bonchev–Trinajstić information content (AvgIpc) is 2.02. The van der Waals surface area contributed by atoms with Crippen LogP contribution in [-0.2, 0) is 0 Å². The predicted molar refractivity (Wildman–Crippen MR) is 59.1 cm³/mol. The Morgan fingerprint density at radius 2 is 2.07 bits per heavy atom. The second kappa shape index (κ2) is 4.53. The molecule has 1 aromatic rings. The fourth-order valence-electron chi connectivity index (χ4n) is 1.00. The van der Waals surface area contributed by atoms with E-state index in [0.29, 0.717) is 3.57 Å². The summed E-state index contributed by atoms with van der Waals surface area (Å²) in [6, 6.07) is 2.53. The maximum Gasteiger partial charge on any atom is 0.264 e. The Balaban J connectivity index is 3.34. The van der Waals surface area contributed by atoms with Gasteiger partial charge in [-0.2, -0.15) is 0 Å². The number of hydrogen-bond acceptors (Lipinski definition) is 1. The predicted octanol–water partition coefficient (Wildman–Crippen LogP) is 4.08. The molecule has 14 heavy (non-hydrogen) atoms. The first-order valence-corrected chi connectivity index (χ1v) is 5.17. The van der Waals surface area contributed by atoms with Crippen molar-refractivity contribution in [3.8, 4) is 0 Å². The lowest BCUT2D eigenvalue weighted by Crippen LogP contribution is -1.98. The first kappa shape index (κ1) is 11.8. The molecular weight excluding hydrogens is 324 g/mol. The summed E-state index contributed by atoms with van der Waals surface area (Å²) in [6.45, 7) is 1.29. The highest BCUT2D eigenvalue weighted by molar-refractivity contribution is 14.1. The molecule has 1 nitrogen and oxygen atoms in total. The molecule has 0 unspecified atom stereocenters. The Labute approximate surface area is 98.6 Å². The van der Waals surface area contributed by atoms with E-state index in [1.807, 2.05) is 0 Å². The molecule has 0 aromatic heterocycles. The summed E-state index contributed by atoms with van der Waals surface area (Å²) in [4.78, 5) is 11.0.